The number of para-hydroxylation sites is 2. The molecule has 84 valence electrons. The minimum absolute atomic E-state index is 0.673. The molecular weight excluding hydrogens is 188 g/mol. The smallest absolute Gasteiger partial charge is 0.161 e. The Morgan fingerprint density at radius 3 is 2.00 bits per heavy atom. The van der Waals surface area contributed by atoms with Crippen LogP contribution < -0.4 is 9.47 Å². The van der Waals surface area contributed by atoms with Gasteiger partial charge in [-0.3, -0.25) is 0 Å². The Morgan fingerprint density at radius 2 is 1.53 bits per heavy atom. The van der Waals surface area contributed by atoms with Gasteiger partial charge in [-0.2, -0.15) is 0 Å². The maximum absolute atomic E-state index is 5.51. The highest BCUT2D eigenvalue weighted by Gasteiger charge is 2.01. The van der Waals surface area contributed by atoms with Gasteiger partial charge in [0, 0.05) is 0 Å². The standard InChI is InChI=1S/C11H16O2.C2H4/c1-3-9-13-11-8-6-5-7-10(11)12-4-2;1-2/h5-8H,3-4,9H2,1-2H3;1-2H2. The maximum Gasteiger partial charge on any atom is 0.161 e. The number of hydrogen-bond acceptors (Lipinski definition) is 2. The molecule has 0 heterocycles. The van der Waals surface area contributed by atoms with E-state index < -0.39 is 0 Å². The molecule has 1 rings (SSSR count). The Morgan fingerprint density at radius 1 is 1.00 bits per heavy atom. The van der Waals surface area contributed by atoms with Gasteiger partial charge in [0.15, 0.2) is 11.5 Å². The normalized spacial score (nSPS) is 8.67. The van der Waals surface area contributed by atoms with Crippen LogP contribution in [0, 0.1) is 0 Å². The Bertz CT molecular complexity index is 258. The Kier molecular flexibility index (Phi) is 8.25. The van der Waals surface area contributed by atoms with Gasteiger partial charge >= 0.3 is 0 Å². The fourth-order valence-electron chi connectivity index (χ4n) is 1.06. The van der Waals surface area contributed by atoms with E-state index >= 15 is 0 Å². The molecule has 2 nitrogen and oxygen atoms in total. The van der Waals surface area contributed by atoms with Crippen molar-refractivity contribution in [2.45, 2.75) is 20.3 Å². The molecule has 0 aromatic heterocycles. The molecule has 0 unspecified atom stereocenters. The zero-order chi connectivity index (χ0) is 11.5. The summed E-state index contributed by atoms with van der Waals surface area (Å²) in [6.07, 6.45) is 1.01. The molecule has 1 aromatic rings. The molecule has 0 spiro atoms. The van der Waals surface area contributed by atoms with Gasteiger partial charge in [-0.25, -0.2) is 0 Å². The first kappa shape index (κ1) is 13.6. The van der Waals surface area contributed by atoms with E-state index in [1.165, 1.54) is 0 Å². The van der Waals surface area contributed by atoms with E-state index in [2.05, 4.69) is 20.1 Å². The van der Waals surface area contributed by atoms with Crippen LogP contribution >= 0.6 is 0 Å². The molecule has 15 heavy (non-hydrogen) atoms. The predicted molar refractivity (Wildman–Crippen MR) is 64.7 cm³/mol. The van der Waals surface area contributed by atoms with E-state index in [0.29, 0.717) is 6.61 Å². The highest BCUT2D eigenvalue weighted by atomic mass is 16.5. The van der Waals surface area contributed by atoms with Crippen molar-refractivity contribution in [3.8, 4) is 11.5 Å². The first-order valence-corrected chi connectivity index (χ1v) is 5.23. The third kappa shape index (κ3) is 5.11. The summed E-state index contributed by atoms with van der Waals surface area (Å²) in [7, 11) is 0. The summed E-state index contributed by atoms with van der Waals surface area (Å²) in [6, 6.07) is 7.76. The van der Waals surface area contributed by atoms with Gasteiger partial charge in [0.05, 0.1) is 13.2 Å². The molecule has 0 aliphatic heterocycles. The van der Waals surface area contributed by atoms with Gasteiger partial charge in [-0.1, -0.05) is 19.1 Å². The van der Waals surface area contributed by atoms with Crippen LogP contribution in [0.4, 0.5) is 0 Å². The lowest BCUT2D eigenvalue weighted by molar-refractivity contribution is 0.277. The number of benzene rings is 1. The van der Waals surface area contributed by atoms with Crippen molar-refractivity contribution >= 4 is 0 Å². The van der Waals surface area contributed by atoms with Crippen molar-refractivity contribution in [1.82, 2.24) is 0 Å². The van der Waals surface area contributed by atoms with Gasteiger partial charge in [0.1, 0.15) is 0 Å². The van der Waals surface area contributed by atoms with Crippen molar-refractivity contribution < 1.29 is 9.47 Å². The summed E-state index contributed by atoms with van der Waals surface area (Å²) in [4.78, 5) is 0. The lowest BCUT2D eigenvalue weighted by atomic mass is 10.3. The predicted octanol–water partition coefficient (Wildman–Crippen LogP) is 3.68. The SMILES string of the molecule is C=C.CCCOc1ccccc1OCC. The third-order valence-corrected chi connectivity index (χ3v) is 1.61. The van der Waals surface area contributed by atoms with Crippen LogP contribution in [0.15, 0.2) is 37.4 Å². The largest absolute Gasteiger partial charge is 0.490 e. The first-order valence-electron chi connectivity index (χ1n) is 5.23. The van der Waals surface area contributed by atoms with E-state index in [0.717, 1.165) is 24.5 Å². The van der Waals surface area contributed by atoms with E-state index in [-0.39, 0.29) is 0 Å². The van der Waals surface area contributed by atoms with E-state index in [9.17, 15) is 0 Å². The molecule has 0 aliphatic rings. The highest BCUT2D eigenvalue weighted by Crippen LogP contribution is 2.26. The van der Waals surface area contributed by atoms with Crippen molar-refractivity contribution in [1.29, 1.82) is 0 Å². The first-order chi connectivity index (χ1) is 7.38. The minimum Gasteiger partial charge on any atom is -0.490 e. The van der Waals surface area contributed by atoms with Gasteiger partial charge in [0.25, 0.3) is 0 Å². The molecule has 0 bridgehead atoms. The van der Waals surface area contributed by atoms with Crippen LogP contribution in [-0.2, 0) is 0 Å². The zero-order valence-corrected chi connectivity index (χ0v) is 9.66. The highest BCUT2D eigenvalue weighted by molar-refractivity contribution is 5.39. The molecule has 1 aromatic carbocycles. The lowest BCUT2D eigenvalue weighted by Crippen LogP contribution is -1.99. The van der Waals surface area contributed by atoms with E-state index in [1.54, 1.807) is 0 Å². The number of rotatable bonds is 5. The molecule has 0 N–H and O–H groups in total. The van der Waals surface area contributed by atoms with Gasteiger partial charge in [-0.15, -0.1) is 13.2 Å². The van der Waals surface area contributed by atoms with Crippen LogP contribution in [0.5, 0.6) is 11.5 Å². The molecule has 0 fully saturated rings. The van der Waals surface area contributed by atoms with E-state index in [4.69, 9.17) is 9.47 Å². The van der Waals surface area contributed by atoms with Crippen molar-refractivity contribution in [2.24, 2.45) is 0 Å². The summed E-state index contributed by atoms with van der Waals surface area (Å²) in [6.45, 7) is 11.5. The molecule has 0 aliphatic carbocycles. The van der Waals surface area contributed by atoms with Crippen LogP contribution in [0.25, 0.3) is 0 Å². The minimum atomic E-state index is 0.673. The molecule has 0 radical (unpaired) electrons. The quantitative estimate of drug-likeness (QED) is 0.687. The molecule has 0 saturated carbocycles. The Balaban J connectivity index is 0.000000921. The third-order valence-electron chi connectivity index (χ3n) is 1.61. The fourth-order valence-corrected chi connectivity index (χ4v) is 1.06. The summed E-state index contributed by atoms with van der Waals surface area (Å²) < 4.78 is 10.9. The molecule has 0 amide bonds. The second-order valence-electron chi connectivity index (χ2n) is 2.73. The number of ether oxygens (including phenoxy) is 2. The summed E-state index contributed by atoms with van der Waals surface area (Å²) in [5, 5.41) is 0. The van der Waals surface area contributed by atoms with Gasteiger partial charge in [0.2, 0.25) is 0 Å². The molecule has 0 atom stereocenters. The Hall–Kier alpha value is -1.44. The van der Waals surface area contributed by atoms with Crippen LogP contribution in [0.2, 0.25) is 0 Å². The second-order valence-corrected chi connectivity index (χ2v) is 2.73. The molecular formula is C13H20O2. The van der Waals surface area contributed by atoms with Crippen LogP contribution in [0.3, 0.4) is 0 Å². The molecule has 0 saturated heterocycles. The van der Waals surface area contributed by atoms with Crippen LogP contribution in [-0.4, -0.2) is 13.2 Å². The topological polar surface area (TPSA) is 18.5 Å². The van der Waals surface area contributed by atoms with Gasteiger partial charge in [-0.05, 0) is 25.5 Å². The number of hydrogen-bond donors (Lipinski definition) is 0. The Labute approximate surface area is 92.5 Å². The van der Waals surface area contributed by atoms with Crippen molar-refractivity contribution in [3.05, 3.63) is 37.4 Å². The zero-order valence-electron chi connectivity index (χ0n) is 9.66. The lowest BCUT2D eigenvalue weighted by Gasteiger charge is -2.10. The molecule has 2 heteroatoms. The van der Waals surface area contributed by atoms with Crippen molar-refractivity contribution in [2.75, 3.05) is 13.2 Å². The van der Waals surface area contributed by atoms with Gasteiger partial charge < -0.3 is 9.47 Å². The second kappa shape index (κ2) is 9.13. The average Bonchev–Trinajstić information content (AvgIpc) is 2.31. The average molecular weight is 208 g/mol. The summed E-state index contributed by atoms with van der Waals surface area (Å²) in [5.74, 6) is 1.67. The maximum atomic E-state index is 5.51. The van der Waals surface area contributed by atoms with Crippen molar-refractivity contribution in [3.63, 3.8) is 0 Å². The summed E-state index contributed by atoms with van der Waals surface area (Å²) in [5.41, 5.74) is 0. The van der Waals surface area contributed by atoms with E-state index in [1.807, 2.05) is 31.2 Å². The monoisotopic (exact) mass is 208 g/mol. The fraction of sp³-hybridized carbons (Fsp3) is 0.385. The summed E-state index contributed by atoms with van der Waals surface area (Å²) >= 11 is 0. The van der Waals surface area contributed by atoms with Crippen LogP contribution in [0.1, 0.15) is 20.3 Å².